The Bertz CT molecular complexity index is 423. The molecule has 3 rings (SSSR count). The van der Waals surface area contributed by atoms with Gasteiger partial charge >= 0.3 is 0 Å². The molecule has 0 aromatic rings. The van der Waals surface area contributed by atoms with Crippen LogP contribution in [0.3, 0.4) is 0 Å². The van der Waals surface area contributed by atoms with Crippen molar-refractivity contribution >= 4 is 11.8 Å². The number of carbonyl (C=O) groups excluding carboxylic acids is 2. The van der Waals surface area contributed by atoms with Gasteiger partial charge in [-0.3, -0.25) is 9.59 Å². The van der Waals surface area contributed by atoms with Crippen LogP contribution in [0.2, 0.25) is 0 Å². The van der Waals surface area contributed by atoms with Crippen LogP contribution in [0, 0.1) is 11.8 Å². The zero-order valence-corrected chi connectivity index (χ0v) is 12.8. The summed E-state index contributed by atoms with van der Waals surface area (Å²) in [6.45, 7) is 7.32. The summed E-state index contributed by atoms with van der Waals surface area (Å²) < 4.78 is 0. The molecule has 0 N–H and O–H groups in total. The van der Waals surface area contributed by atoms with Crippen LogP contribution in [-0.2, 0) is 9.59 Å². The van der Waals surface area contributed by atoms with E-state index in [4.69, 9.17) is 0 Å². The second kappa shape index (κ2) is 5.05. The number of fused-ring (bicyclic) bond motifs is 1. The molecule has 0 aromatic carbocycles. The van der Waals surface area contributed by atoms with Gasteiger partial charge in [0, 0.05) is 12.6 Å². The molecule has 2 saturated heterocycles. The third kappa shape index (κ3) is 1.87. The third-order valence-corrected chi connectivity index (χ3v) is 5.86. The molecular weight excluding hydrogens is 252 g/mol. The molecule has 3 fully saturated rings. The summed E-state index contributed by atoms with van der Waals surface area (Å²) in [5.74, 6) is 1.58. The van der Waals surface area contributed by atoms with E-state index in [1.807, 2.05) is 16.7 Å². The van der Waals surface area contributed by atoms with Crippen LogP contribution < -0.4 is 0 Å². The highest BCUT2D eigenvalue weighted by Crippen LogP contribution is 2.39. The second-order valence-corrected chi connectivity index (χ2v) is 6.84. The van der Waals surface area contributed by atoms with Crippen LogP contribution in [0.25, 0.3) is 0 Å². The smallest absolute Gasteiger partial charge is 0.246 e. The molecule has 3 aliphatic rings. The number of hydrogen-bond donors (Lipinski definition) is 0. The zero-order valence-electron chi connectivity index (χ0n) is 12.8. The summed E-state index contributed by atoms with van der Waals surface area (Å²) in [5, 5.41) is 0. The molecule has 0 spiro atoms. The fourth-order valence-corrected chi connectivity index (χ4v) is 4.42. The monoisotopic (exact) mass is 278 g/mol. The lowest BCUT2D eigenvalue weighted by molar-refractivity contribution is -0.163. The zero-order chi connectivity index (χ0) is 14.4. The number of hydrogen-bond acceptors (Lipinski definition) is 2. The average molecular weight is 278 g/mol. The largest absolute Gasteiger partial charge is 0.329 e. The van der Waals surface area contributed by atoms with E-state index in [9.17, 15) is 9.59 Å². The summed E-state index contributed by atoms with van der Waals surface area (Å²) in [6, 6.07) is -0.0999. The molecule has 0 radical (unpaired) electrons. The van der Waals surface area contributed by atoms with Gasteiger partial charge in [-0.15, -0.1) is 0 Å². The highest BCUT2D eigenvalue weighted by Gasteiger charge is 2.51. The minimum atomic E-state index is -0.213. The van der Waals surface area contributed by atoms with E-state index < -0.39 is 0 Å². The van der Waals surface area contributed by atoms with E-state index in [0.29, 0.717) is 11.8 Å². The van der Waals surface area contributed by atoms with Crippen LogP contribution in [0.5, 0.6) is 0 Å². The van der Waals surface area contributed by atoms with E-state index in [0.717, 1.165) is 32.2 Å². The molecule has 4 heteroatoms. The Hall–Kier alpha value is -1.06. The van der Waals surface area contributed by atoms with Gasteiger partial charge in [-0.1, -0.05) is 20.8 Å². The summed E-state index contributed by atoms with van der Waals surface area (Å²) in [6.07, 6.45) is 4.81. The normalized spacial score (nSPS) is 41.5. The minimum Gasteiger partial charge on any atom is -0.329 e. The molecule has 1 aliphatic carbocycles. The van der Waals surface area contributed by atoms with Crippen LogP contribution in [0.15, 0.2) is 0 Å². The van der Waals surface area contributed by atoms with E-state index in [1.54, 1.807) is 0 Å². The summed E-state index contributed by atoms with van der Waals surface area (Å²) in [4.78, 5) is 29.4. The van der Waals surface area contributed by atoms with Crippen LogP contribution in [-0.4, -0.2) is 46.3 Å². The van der Waals surface area contributed by atoms with Crippen LogP contribution >= 0.6 is 0 Å². The summed E-state index contributed by atoms with van der Waals surface area (Å²) >= 11 is 0. The Morgan fingerprint density at radius 3 is 2.45 bits per heavy atom. The Balaban J connectivity index is 1.91. The van der Waals surface area contributed by atoms with E-state index >= 15 is 0 Å². The predicted octanol–water partition coefficient (Wildman–Crippen LogP) is 2.03. The third-order valence-electron chi connectivity index (χ3n) is 5.86. The molecule has 5 atom stereocenters. The molecule has 112 valence electrons. The number of amides is 2. The van der Waals surface area contributed by atoms with E-state index in [-0.39, 0.29) is 29.9 Å². The Labute approximate surface area is 121 Å². The first-order valence-electron chi connectivity index (χ1n) is 8.19. The molecule has 2 aliphatic heterocycles. The number of rotatable bonds is 2. The van der Waals surface area contributed by atoms with E-state index in [2.05, 4.69) is 13.8 Å². The first-order valence-corrected chi connectivity index (χ1v) is 8.19. The first kappa shape index (κ1) is 13.9. The predicted molar refractivity (Wildman–Crippen MR) is 77.0 cm³/mol. The minimum absolute atomic E-state index is 0.159. The lowest BCUT2D eigenvalue weighted by Gasteiger charge is -2.46. The number of carbonyl (C=O) groups is 2. The molecule has 1 saturated carbocycles. The maximum absolute atomic E-state index is 12.9. The molecule has 4 nitrogen and oxygen atoms in total. The number of piperazine rings is 1. The van der Waals surface area contributed by atoms with Crippen molar-refractivity contribution in [3.05, 3.63) is 0 Å². The van der Waals surface area contributed by atoms with Crippen molar-refractivity contribution in [3.63, 3.8) is 0 Å². The highest BCUT2D eigenvalue weighted by atomic mass is 16.2. The van der Waals surface area contributed by atoms with Crippen LogP contribution in [0.4, 0.5) is 0 Å². The molecule has 2 heterocycles. The molecule has 2 amide bonds. The quantitative estimate of drug-likeness (QED) is 0.775. The fraction of sp³-hybridized carbons (Fsp3) is 0.875. The summed E-state index contributed by atoms with van der Waals surface area (Å²) in [5.41, 5.74) is 0. The maximum Gasteiger partial charge on any atom is 0.246 e. The van der Waals surface area contributed by atoms with Crippen LogP contribution in [0.1, 0.15) is 52.9 Å². The second-order valence-electron chi connectivity index (χ2n) is 6.84. The molecule has 5 unspecified atom stereocenters. The van der Waals surface area contributed by atoms with Gasteiger partial charge < -0.3 is 9.80 Å². The van der Waals surface area contributed by atoms with Gasteiger partial charge in [-0.2, -0.15) is 0 Å². The lowest BCUT2D eigenvalue weighted by Crippen LogP contribution is -2.65. The van der Waals surface area contributed by atoms with Crippen molar-refractivity contribution in [2.24, 2.45) is 11.8 Å². The van der Waals surface area contributed by atoms with Gasteiger partial charge in [-0.05, 0) is 43.9 Å². The Morgan fingerprint density at radius 2 is 1.85 bits per heavy atom. The summed E-state index contributed by atoms with van der Waals surface area (Å²) in [7, 11) is 0. The van der Waals surface area contributed by atoms with Gasteiger partial charge in [0.15, 0.2) is 0 Å². The highest BCUT2D eigenvalue weighted by molar-refractivity contribution is 5.97. The Kier molecular flexibility index (Phi) is 3.51. The SMILES string of the molecule is CCC1C(=O)N2CCCC2C(=O)N1C1CCC(C)C1C. The van der Waals surface area contributed by atoms with Gasteiger partial charge in [0.05, 0.1) is 0 Å². The van der Waals surface area contributed by atoms with Crippen molar-refractivity contribution in [2.75, 3.05) is 6.54 Å². The van der Waals surface area contributed by atoms with Crippen molar-refractivity contribution in [2.45, 2.75) is 71.0 Å². The fourth-order valence-electron chi connectivity index (χ4n) is 4.42. The molecule has 0 aromatic heterocycles. The standard InChI is InChI=1S/C16H26N2O2/c1-4-12-15(19)17-9-5-6-14(17)16(20)18(12)13-8-7-10(2)11(13)3/h10-14H,4-9H2,1-3H3. The average Bonchev–Trinajstić information content (AvgIpc) is 3.03. The van der Waals surface area contributed by atoms with Crippen molar-refractivity contribution in [1.29, 1.82) is 0 Å². The van der Waals surface area contributed by atoms with Gasteiger partial charge in [-0.25, -0.2) is 0 Å². The molecule has 0 bridgehead atoms. The van der Waals surface area contributed by atoms with Gasteiger partial charge in [0.1, 0.15) is 12.1 Å². The van der Waals surface area contributed by atoms with E-state index in [1.165, 1.54) is 6.42 Å². The Morgan fingerprint density at radius 1 is 1.10 bits per heavy atom. The van der Waals surface area contributed by atoms with Gasteiger partial charge in [0.2, 0.25) is 11.8 Å². The van der Waals surface area contributed by atoms with Crippen molar-refractivity contribution in [3.8, 4) is 0 Å². The van der Waals surface area contributed by atoms with Gasteiger partial charge in [0.25, 0.3) is 0 Å². The lowest BCUT2D eigenvalue weighted by atomic mass is 9.93. The molecular formula is C16H26N2O2. The maximum atomic E-state index is 12.9. The first-order chi connectivity index (χ1) is 9.56. The van der Waals surface area contributed by atoms with Crippen molar-refractivity contribution < 1.29 is 9.59 Å². The molecule has 20 heavy (non-hydrogen) atoms. The van der Waals surface area contributed by atoms with Crippen molar-refractivity contribution in [1.82, 2.24) is 9.80 Å². The number of nitrogens with zero attached hydrogens (tertiary/aromatic N) is 2. The topological polar surface area (TPSA) is 40.6 Å².